The van der Waals surface area contributed by atoms with Gasteiger partial charge in [-0.25, -0.2) is 0 Å². The van der Waals surface area contributed by atoms with Crippen molar-refractivity contribution in [1.29, 1.82) is 0 Å². The van der Waals surface area contributed by atoms with Crippen molar-refractivity contribution in [3.05, 3.63) is 0 Å². The number of nitrogens with one attached hydrogen (secondary N) is 1. The number of hydrogen-bond acceptors (Lipinski definition) is 4. The monoisotopic (exact) mass is 247 g/mol. The maximum Gasteiger partial charge on any atom is 0.0700 e. The van der Waals surface area contributed by atoms with E-state index in [2.05, 4.69) is 19.2 Å². The summed E-state index contributed by atoms with van der Waals surface area (Å²) >= 11 is 0. The van der Waals surface area contributed by atoms with Crippen LogP contribution in [-0.2, 0) is 14.2 Å². The Labute approximate surface area is 106 Å². The van der Waals surface area contributed by atoms with Crippen molar-refractivity contribution >= 4 is 0 Å². The van der Waals surface area contributed by atoms with Crippen molar-refractivity contribution in [2.24, 2.45) is 0 Å². The van der Waals surface area contributed by atoms with Crippen LogP contribution in [0.2, 0.25) is 0 Å². The summed E-state index contributed by atoms with van der Waals surface area (Å²) in [5.74, 6) is 0. The second kappa shape index (κ2) is 13.9. The second-order valence-electron chi connectivity index (χ2n) is 4.04. The molecule has 0 aromatic heterocycles. The fraction of sp³-hybridized carbons (Fsp3) is 1.00. The average Bonchev–Trinajstić information content (AvgIpc) is 2.36. The van der Waals surface area contributed by atoms with Gasteiger partial charge in [-0.1, -0.05) is 13.8 Å². The highest BCUT2D eigenvalue weighted by atomic mass is 16.5. The molecule has 0 spiro atoms. The molecule has 0 aromatic carbocycles. The average molecular weight is 247 g/mol. The first-order chi connectivity index (χ1) is 8.35. The standard InChI is InChI=1S/C13H29NO3/c1-4-13(5-2)14-7-10-16-8-6-9-17-12-11-15-3/h13-14H,4-12H2,1-3H3. The summed E-state index contributed by atoms with van der Waals surface area (Å²) in [6.45, 7) is 9.01. The zero-order chi connectivity index (χ0) is 12.8. The summed E-state index contributed by atoms with van der Waals surface area (Å²) in [4.78, 5) is 0. The molecule has 0 aromatic rings. The third-order valence-electron chi connectivity index (χ3n) is 2.67. The highest BCUT2D eigenvalue weighted by Crippen LogP contribution is 1.94. The van der Waals surface area contributed by atoms with E-state index in [9.17, 15) is 0 Å². The molecule has 104 valence electrons. The zero-order valence-corrected chi connectivity index (χ0v) is 11.7. The molecule has 0 heterocycles. The van der Waals surface area contributed by atoms with Gasteiger partial charge in [0.1, 0.15) is 0 Å². The van der Waals surface area contributed by atoms with Crippen LogP contribution in [0.15, 0.2) is 0 Å². The van der Waals surface area contributed by atoms with Crippen LogP contribution >= 0.6 is 0 Å². The quantitative estimate of drug-likeness (QED) is 0.504. The Balaban J connectivity index is 3.03. The van der Waals surface area contributed by atoms with E-state index in [1.54, 1.807) is 7.11 Å². The minimum absolute atomic E-state index is 0.635. The molecule has 0 aliphatic rings. The van der Waals surface area contributed by atoms with Crippen LogP contribution in [0.25, 0.3) is 0 Å². The van der Waals surface area contributed by atoms with E-state index in [0.717, 1.165) is 32.8 Å². The van der Waals surface area contributed by atoms with Crippen molar-refractivity contribution in [3.63, 3.8) is 0 Å². The summed E-state index contributed by atoms with van der Waals surface area (Å²) in [5, 5.41) is 3.47. The molecule has 0 rings (SSSR count). The van der Waals surface area contributed by atoms with E-state index >= 15 is 0 Å². The minimum atomic E-state index is 0.635. The SMILES string of the molecule is CCC(CC)NCCOCCCOCCOC. The molecule has 0 radical (unpaired) electrons. The van der Waals surface area contributed by atoms with E-state index in [4.69, 9.17) is 14.2 Å². The lowest BCUT2D eigenvalue weighted by atomic mass is 10.2. The highest BCUT2D eigenvalue weighted by Gasteiger charge is 2.00. The molecule has 0 bridgehead atoms. The maximum atomic E-state index is 5.51. The molecule has 0 amide bonds. The Bertz CT molecular complexity index is 141. The van der Waals surface area contributed by atoms with Gasteiger partial charge < -0.3 is 19.5 Å². The van der Waals surface area contributed by atoms with Gasteiger partial charge in [0.25, 0.3) is 0 Å². The number of methoxy groups -OCH3 is 1. The predicted molar refractivity (Wildman–Crippen MR) is 70.5 cm³/mol. The van der Waals surface area contributed by atoms with E-state index in [1.807, 2.05) is 0 Å². The molecular formula is C13H29NO3. The number of rotatable bonds is 13. The second-order valence-corrected chi connectivity index (χ2v) is 4.04. The molecule has 1 N–H and O–H groups in total. The number of hydrogen-bond donors (Lipinski definition) is 1. The van der Waals surface area contributed by atoms with Crippen LogP contribution in [0, 0.1) is 0 Å². The Kier molecular flexibility index (Phi) is 13.8. The fourth-order valence-corrected chi connectivity index (χ4v) is 1.52. The first-order valence-corrected chi connectivity index (χ1v) is 6.72. The van der Waals surface area contributed by atoms with Crippen molar-refractivity contribution < 1.29 is 14.2 Å². The van der Waals surface area contributed by atoms with Crippen molar-refractivity contribution in [2.45, 2.75) is 39.2 Å². The predicted octanol–water partition coefficient (Wildman–Crippen LogP) is 1.83. The molecule has 0 aliphatic heterocycles. The van der Waals surface area contributed by atoms with E-state index in [0.29, 0.717) is 19.3 Å². The lowest BCUT2D eigenvalue weighted by molar-refractivity contribution is 0.0515. The van der Waals surface area contributed by atoms with Crippen LogP contribution < -0.4 is 5.32 Å². The maximum absolute atomic E-state index is 5.51. The zero-order valence-electron chi connectivity index (χ0n) is 11.7. The van der Waals surface area contributed by atoms with Gasteiger partial charge >= 0.3 is 0 Å². The first kappa shape index (κ1) is 16.8. The molecule has 0 saturated heterocycles. The Morgan fingerprint density at radius 3 is 2.12 bits per heavy atom. The van der Waals surface area contributed by atoms with Gasteiger partial charge in [-0.15, -0.1) is 0 Å². The summed E-state index contributed by atoms with van der Waals surface area (Å²) in [5.41, 5.74) is 0. The summed E-state index contributed by atoms with van der Waals surface area (Å²) in [7, 11) is 1.68. The van der Waals surface area contributed by atoms with Gasteiger partial charge in [0.15, 0.2) is 0 Å². The number of ether oxygens (including phenoxy) is 3. The van der Waals surface area contributed by atoms with Crippen LogP contribution in [0.1, 0.15) is 33.1 Å². The van der Waals surface area contributed by atoms with Crippen LogP contribution in [0.5, 0.6) is 0 Å². The molecular weight excluding hydrogens is 218 g/mol. The summed E-state index contributed by atoms with van der Waals surface area (Å²) in [6, 6.07) is 0.635. The van der Waals surface area contributed by atoms with Crippen molar-refractivity contribution in [1.82, 2.24) is 5.32 Å². The van der Waals surface area contributed by atoms with E-state index in [-0.39, 0.29) is 0 Å². The van der Waals surface area contributed by atoms with Gasteiger partial charge in [-0.2, -0.15) is 0 Å². The third kappa shape index (κ3) is 12.1. The lowest BCUT2D eigenvalue weighted by Crippen LogP contribution is -2.30. The fourth-order valence-electron chi connectivity index (χ4n) is 1.52. The largest absolute Gasteiger partial charge is 0.382 e. The molecule has 0 fully saturated rings. The minimum Gasteiger partial charge on any atom is -0.382 e. The van der Waals surface area contributed by atoms with Crippen molar-refractivity contribution in [2.75, 3.05) is 46.7 Å². The van der Waals surface area contributed by atoms with Gasteiger partial charge in [0.2, 0.25) is 0 Å². The molecule has 4 heteroatoms. The third-order valence-corrected chi connectivity index (χ3v) is 2.67. The molecule has 0 unspecified atom stereocenters. The van der Waals surface area contributed by atoms with Crippen LogP contribution in [0.4, 0.5) is 0 Å². The summed E-state index contributed by atoms with van der Waals surface area (Å²) < 4.78 is 15.7. The van der Waals surface area contributed by atoms with Crippen LogP contribution in [0.3, 0.4) is 0 Å². The first-order valence-electron chi connectivity index (χ1n) is 6.72. The molecule has 0 atom stereocenters. The smallest absolute Gasteiger partial charge is 0.0700 e. The lowest BCUT2D eigenvalue weighted by Gasteiger charge is -2.14. The van der Waals surface area contributed by atoms with Crippen molar-refractivity contribution in [3.8, 4) is 0 Å². The summed E-state index contributed by atoms with van der Waals surface area (Å²) in [6.07, 6.45) is 3.32. The molecule has 0 aliphatic carbocycles. The normalized spacial score (nSPS) is 11.3. The van der Waals surface area contributed by atoms with Gasteiger partial charge in [-0.05, 0) is 19.3 Å². The van der Waals surface area contributed by atoms with Crippen LogP contribution in [-0.4, -0.2) is 52.7 Å². The van der Waals surface area contributed by atoms with Gasteiger partial charge in [0.05, 0.1) is 19.8 Å². The Morgan fingerprint density at radius 1 is 0.882 bits per heavy atom. The topological polar surface area (TPSA) is 39.7 Å². The van der Waals surface area contributed by atoms with E-state index < -0.39 is 0 Å². The van der Waals surface area contributed by atoms with E-state index in [1.165, 1.54) is 12.8 Å². The molecule has 0 saturated carbocycles. The van der Waals surface area contributed by atoms with Gasteiger partial charge in [-0.3, -0.25) is 0 Å². The Hall–Kier alpha value is -0.160. The molecule has 17 heavy (non-hydrogen) atoms. The molecule has 4 nitrogen and oxygen atoms in total. The van der Waals surface area contributed by atoms with Gasteiger partial charge in [0, 0.05) is 32.9 Å². The highest BCUT2D eigenvalue weighted by molar-refractivity contribution is 4.61. The Morgan fingerprint density at radius 2 is 1.53 bits per heavy atom.